The number of nitrogens with one attached hydrogen (secondary N) is 2. The zero-order valence-electron chi connectivity index (χ0n) is 11.6. The Morgan fingerprint density at radius 2 is 1.79 bits per heavy atom. The van der Waals surface area contributed by atoms with Crippen molar-refractivity contribution < 1.29 is 24.9 Å². The lowest BCUT2D eigenvalue weighted by atomic mass is 9.78. The maximum atomic E-state index is 10.6. The molecule has 0 saturated heterocycles. The lowest BCUT2D eigenvalue weighted by Crippen LogP contribution is -2.41. The van der Waals surface area contributed by atoms with E-state index in [4.69, 9.17) is 10.2 Å². The summed E-state index contributed by atoms with van der Waals surface area (Å²) < 4.78 is 0. The van der Waals surface area contributed by atoms with Gasteiger partial charge in [0.1, 0.15) is 0 Å². The average Bonchev–Trinajstić information content (AvgIpc) is 2.23. The summed E-state index contributed by atoms with van der Waals surface area (Å²) in [6.07, 6.45) is -0.950. The fraction of sp³-hybridized carbons (Fsp3) is 0.833. The predicted octanol–water partition coefficient (Wildman–Crippen LogP) is 1.32. The number of carboxylic acid groups (broad SMARTS) is 2. The largest absolute Gasteiger partial charge is 0.465 e. The van der Waals surface area contributed by atoms with Crippen LogP contribution in [-0.4, -0.2) is 46.7 Å². The van der Waals surface area contributed by atoms with Gasteiger partial charge in [-0.25, -0.2) is 9.59 Å². The molecule has 0 aliphatic heterocycles. The van der Waals surface area contributed by atoms with E-state index in [1.165, 1.54) is 0 Å². The average molecular weight is 276 g/mol. The molecule has 19 heavy (non-hydrogen) atoms. The highest BCUT2D eigenvalue weighted by Crippen LogP contribution is 2.30. The molecule has 0 aromatic heterocycles. The second-order valence-electron chi connectivity index (χ2n) is 5.53. The van der Waals surface area contributed by atoms with Crippen molar-refractivity contribution in [2.75, 3.05) is 13.2 Å². The molecule has 0 heterocycles. The molecule has 0 saturated carbocycles. The summed E-state index contributed by atoms with van der Waals surface area (Å²) in [5, 5.41) is 31.1. The van der Waals surface area contributed by atoms with E-state index in [0.29, 0.717) is 19.4 Å². The van der Waals surface area contributed by atoms with Crippen molar-refractivity contribution >= 4 is 12.2 Å². The van der Waals surface area contributed by atoms with Gasteiger partial charge in [0.15, 0.2) is 0 Å². The molecule has 2 unspecified atom stereocenters. The van der Waals surface area contributed by atoms with Crippen LogP contribution in [-0.2, 0) is 0 Å². The van der Waals surface area contributed by atoms with Gasteiger partial charge in [-0.15, -0.1) is 0 Å². The van der Waals surface area contributed by atoms with Gasteiger partial charge in [0.25, 0.3) is 0 Å². The smallest absolute Gasteiger partial charge is 0.404 e. The minimum Gasteiger partial charge on any atom is -0.465 e. The molecule has 0 aliphatic rings. The highest BCUT2D eigenvalue weighted by molar-refractivity contribution is 5.64. The summed E-state index contributed by atoms with van der Waals surface area (Å²) in [4.78, 5) is 20.9. The molecule has 7 nitrogen and oxygen atoms in total. The maximum Gasteiger partial charge on any atom is 0.404 e. The van der Waals surface area contributed by atoms with E-state index < -0.39 is 12.2 Å². The molecule has 112 valence electrons. The Hall–Kier alpha value is -1.50. The highest BCUT2D eigenvalue weighted by Gasteiger charge is 2.27. The van der Waals surface area contributed by atoms with E-state index in [2.05, 4.69) is 10.6 Å². The van der Waals surface area contributed by atoms with Gasteiger partial charge in [0.05, 0.1) is 0 Å². The molecule has 2 amide bonds. The molecule has 0 bridgehead atoms. The van der Waals surface area contributed by atoms with Crippen LogP contribution in [0, 0.1) is 11.3 Å². The van der Waals surface area contributed by atoms with Gasteiger partial charge < -0.3 is 26.0 Å². The molecule has 0 radical (unpaired) electrons. The third-order valence-electron chi connectivity index (χ3n) is 3.19. The second kappa shape index (κ2) is 7.83. The van der Waals surface area contributed by atoms with Crippen LogP contribution in [0.4, 0.5) is 9.59 Å². The SMILES string of the molecule is CC(NC(=O)O)C(CO)CC(C)(C)CCNC(=O)O. The first-order valence-corrected chi connectivity index (χ1v) is 6.25. The van der Waals surface area contributed by atoms with Gasteiger partial charge in [-0.2, -0.15) is 0 Å². The number of rotatable bonds is 8. The molecule has 7 heteroatoms. The van der Waals surface area contributed by atoms with E-state index >= 15 is 0 Å². The van der Waals surface area contributed by atoms with Crippen LogP contribution in [0.15, 0.2) is 0 Å². The summed E-state index contributed by atoms with van der Waals surface area (Å²) in [7, 11) is 0. The first-order valence-electron chi connectivity index (χ1n) is 6.25. The molecule has 0 aromatic rings. The van der Waals surface area contributed by atoms with Crippen molar-refractivity contribution in [3.8, 4) is 0 Å². The van der Waals surface area contributed by atoms with Crippen LogP contribution >= 0.6 is 0 Å². The first-order chi connectivity index (χ1) is 8.68. The molecule has 2 atom stereocenters. The number of hydrogen-bond acceptors (Lipinski definition) is 3. The quantitative estimate of drug-likeness (QED) is 0.458. The molecule has 0 fully saturated rings. The van der Waals surface area contributed by atoms with E-state index in [9.17, 15) is 14.7 Å². The van der Waals surface area contributed by atoms with Crippen molar-refractivity contribution in [1.82, 2.24) is 10.6 Å². The Labute approximate surface area is 113 Å². The first kappa shape index (κ1) is 17.5. The Morgan fingerprint density at radius 1 is 1.21 bits per heavy atom. The van der Waals surface area contributed by atoms with Crippen LogP contribution < -0.4 is 10.6 Å². The monoisotopic (exact) mass is 276 g/mol. The summed E-state index contributed by atoms with van der Waals surface area (Å²) in [6, 6.07) is -0.353. The summed E-state index contributed by atoms with van der Waals surface area (Å²) in [5.74, 6) is -0.198. The van der Waals surface area contributed by atoms with Crippen LogP contribution in [0.1, 0.15) is 33.6 Å². The Balaban J connectivity index is 4.33. The maximum absolute atomic E-state index is 10.6. The fourth-order valence-electron chi connectivity index (χ4n) is 2.03. The van der Waals surface area contributed by atoms with E-state index in [0.717, 1.165) is 0 Å². The van der Waals surface area contributed by atoms with E-state index in [1.807, 2.05) is 13.8 Å². The Morgan fingerprint density at radius 3 is 2.21 bits per heavy atom. The summed E-state index contributed by atoms with van der Waals surface area (Å²) in [5.41, 5.74) is -0.190. The predicted molar refractivity (Wildman–Crippen MR) is 70.2 cm³/mol. The number of hydrogen-bond donors (Lipinski definition) is 5. The standard InChI is InChI=1S/C12H24N2O5/c1-8(14-11(18)19)9(7-15)6-12(2,3)4-5-13-10(16)17/h8-9,13-15H,4-7H2,1-3H3,(H,16,17)(H,18,19). The summed E-state index contributed by atoms with van der Waals surface area (Å²) in [6.45, 7) is 5.86. The normalized spacial score (nSPS) is 14.5. The molecular weight excluding hydrogens is 252 g/mol. The fourth-order valence-corrected chi connectivity index (χ4v) is 2.03. The number of aliphatic hydroxyl groups excluding tert-OH is 1. The minimum absolute atomic E-state index is 0.114. The third kappa shape index (κ3) is 8.25. The minimum atomic E-state index is -1.11. The van der Waals surface area contributed by atoms with Crippen molar-refractivity contribution in [2.45, 2.75) is 39.7 Å². The Bertz CT molecular complexity index is 306. The number of amides is 2. The van der Waals surface area contributed by atoms with Gasteiger partial charge in [-0.1, -0.05) is 13.8 Å². The van der Waals surface area contributed by atoms with Gasteiger partial charge in [-0.3, -0.25) is 0 Å². The van der Waals surface area contributed by atoms with Crippen molar-refractivity contribution in [3.05, 3.63) is 0 Å². The van der Waals surface area contributed by atoms with Crippen molar-refractivity contribution in [1.29, 1.82) is 0 Å². The highest BCUT2D eigenvalue weighted by atomic mass is 16.4. The van der Waals surface area contributed by atoms with Crippen molar-refractivity contribution in [2.24, 2.45) is 11.3 Å². The van der Waals surface area contributed by atoms with Gasteiger partial charge >= 0.3 is 12.2 Å². The van der Waals surface area contributed by atoms with Crippen LogP contribution in [0.2, 0.25) is 0 Å². The van der Waals surface area contributed by atoms with Crippen LogP contribution in [0.25, 0.3) is 0 Å². The van der Waals surface area contributed by atoms with Crippen molar-refractivity contribution in [3.63, 3.8) is 0 Å². The summed E-state index contributed by atoms with van der Waals surface area (Å²) >= 11 is 0. The lowest BCUT2D eigenvalue weighted by Gasteiger charge is -2.32. The molecular formula is C12H24N2O5. The van der Waals surface area contributed by atoms with Crippen LogP contribution in [0.3, 0.4) is 0 Å². The molecule has 0 aliphatic carbocycles. The Kier molecular flexibility index (Phi) is 7.21. The van der Waals surface area contributed by atoms with Gasteiger partial charge in [-0.05, 0) is 25.2 Å². The van der Waals surface area contributed by atoms with Gasteiger partial charge in [0.2, 0.25) is 0 Å². The topological polar surface area (TPSA) is 119 Å². The van der Waals surface area contributed by atoms with Crippen LogP contribution in [0.5, 0.6) is 0 Å². The molecule has 0 spiro atoms. The lowest BCUT2D eigenvalue weighted by molar-refractivity contribution is 0.130. The van der Waals surface area contributed by atoms with Gasteiger partial charge in [0, 0.05) is 25.1 Å². The molecule has 5 N–H and O–H groups in total. The van der Waals surface area contributed by atoms with E-state index in [1.54, 1.807) is 6.92 Å². The zero-order chi connectivity index (χ0) is 15.1. The molecule has 0 aromatic carbocycles. The zero-order valence-corrected chi connectivity index (χ0v) is 11.6. The molecule has 0 rings (SSSR count). The third-order valence-corrected chi connectivity index (χ3v) is 3.19. The van der Waals surface area contributed by atoms with E-state index in [-0.39, 0.29) is 24.0 Å². The number of carbonyl (C=O) groups is 2. The second-order valence-corrected chi connectivity index (χ2v) is 5.53. The number of aliphatic hydroxyl groups is 1.